The quantitative estimate of drug-likeness (QED) is 0.865. The molecule has 1 saturated carbocycles. The van der Waals surface area contributed by atoms with Crippen molar-refractivity contribution in [1.82, 2.24) is 15.1 Å². The van der Waals surface area contributed by atoms with Crippen LogP contribution < -0.4 is 10.1 Å². The molecule has 1 aliphatic carbocycles. The third kappa shape index (κ3) is 4.73. The largest absolute Gasteiger partial charge is 0.489 e. The van der Waals surface area contributed by atoms with Crippen molar-refractivity contribution in [2.24, 2.45) is 11.8 Å². The van der Waals surface area contributed by atoms with Crippen molar-refractivity contribution in [3.8, 4) is 5.75 Å². The van der Waals surface area contributed by atoms with Gasteiger partial charge in [-0.1, -0.05) is 18.2 Å². The Morgan fingerprint density at radius 2 is 1.67 bits per heavy atom. The Bertz CT molecular complexity index is 654. The van der Waals surface area contributed by atoms with E-state index in [-0.39, 0.29) is 12.1 Å². The number of amides is 3. The Kier molecular flexibility index (Phi) is 5.50. The number of nitrogens with one attached hydrogen (secondary N) is 1. The molecule has 1 aromatic rings. The first-order valence-electron chi connectivity index (χ1n) is 10.2. The van der Waals surface area contributed by atoms with E-state index in [1.807, 2.05) is 40.1 Å². The van der Waals surface area contributed by atoms with Gasteiger partial charge in [0.25, 0.3) is 0 Å². The summed E-state index contributed by atoms with van der Waals surface area (Å²) in [5.41, 5.74) is 0. The van der Waals surface area contributed by atoms with Crippen LogP contribution in [0.15, 0.2) is 30.3 Å². The van der Waals surface area contributed by atoms with E-state index in [0.717, 1.165) is 57.5 Å². The van der Waals surface area contributed by atoms with Crippen LogP contribution in [0.1, 0.15) is 32.1 Å². The highest BCUT2D eigenvalue weighted by Crippen LogP contribution is 2.32. The lowest BCUT2D eigenvalue weighted by Gasteiger charge is -2.32. The van der Waals surface area contributed by atoms with Gasteiger partial charge in [-0.05, 0) is 43.7 Å². The number of para-hydroxylation sites is 1. The van der Waals surface area contributed by atoms with Crippen LogP contribution >= 0.6 is 0 Å². The maximum Gasteiger partial charge on any atom is 0.317 e. The number of carbonyl (C=O) groups excluding carboxylic acids is 2. The maximum absolute atomic E-state index is 12.5. The number of hydrogen-bond acceptors (Lipinski definition) is 3. The molecular weight excluding hydrogens is 342 g/mol. The molecule has 3 fully saturated rings. The van der Waals surface area contributed by atoms with E-state index in [1.165, 1.54) is 0 Å². The van der Waals surface area contributed by atoms with Crippen LogP contribution in [0.4, 0.5) is 4.79 Å². The van der Waals surface area contributed by atoms with Crippen LogP contribution in [0, 0.1) is 11.8 Å². The number of rotatable bonds is 5. The standard InChI is InChI=1S/C21H29N3O3/c25-20(17-6-7-17)23-11-8-16(9-12-23)14-22-21(26)24-13-10-19(15-24)27-18-4-2-1-3-5-18/h1-5,16-17,19H,6-15H2,(H,22,26)/t19-/m1/s1. The van der Waals surface area contributed by atoms with Crippen LogP contribution in [0.3, 0.4) is 0 Å². The van der Waals surface area contributed by atoms with Gasteiger partial charge in [-0.25, -0.2) is 4.79 Å². The van der Waals surface area contributed by atoms with Crippen LogP contribution in [-0.4, -0.2) is 60.6 Å². The molecule has 0 spiro atoms. The van der Waals surface area contributed by atoms with Crippen molar-refractivity contribution in [2.75, 3.05) is 32.7 Å². The Morgan fingerprint density at radius 1 is 0.963 bits per heavy atom. The molecule has 0 bridgehead atoms. The number of urea groups is 1. The minimum atomic E-state index is 0.00523. The Balaban J connectivity index is 1.15. The highest BCUT2D eigenvalue weighted by Gasteiger charge is 2.35. The van der Waals surface area contributed by atoms with Gasteiger partial charge in [-0.2, -0.15) is 0 Å². The van der Waals surface area contributed by atoms with Gasteiger partial charge in [0.2, 0.25) is 5.91 Å². The summed E-state index contributed by atoms with van der Waals surface area (Å²) >= 11 is 0. The number of ether oxygens (including phenoxy) is 1. The topological polar surface area (TPSA) is 61.9 Å². The average molecular weight is 371 g/mol. The minimum absolute atomic E-state index is 0.00523. The van der Waals surface area contributed by atoms with Gasteiger partial charge in [0.05, 0.1) is 6.54 Å². The summed E-state index contributed by atoms with van der Waals surface area (Å²) in [5, 5.41) is 3.09. The molecule has 4 rings (SSSR count). The summed E-state index contributed by atoms with van der Waals surface area (Å²) in [4.78, 5) is 28.4. The number of benzene rings is 1. The van der Waals surface area contributed by atoms with E-state index in [2.05, 4.69) is 5.32 Å². The van der Waals surface area contributed by atoms with Crippen LogP contribution in [-0.2, 0) is 4.79 Å². The van der Waals surface area contributed by atoms with Gasteiger partial charge in [-0.3, -0.25) is 4.79 Å². The third-order valence-corrected chi connectivity index (χ3v) is 5.87. The van der Waals surface area contributed by atoms with Gasteiger partial charge in [0, 0.05) is 38.5 Å². The second-order valence-electron chi connectivity index (χ2n) is 8.02. The molecule has 0 unspecified atom stereocenters. The SMILES string of the molecule is O=C(NCC1CCN(C(=O)C2CC2)CC1)N1CC[C@@H](Oc2ccccc2)C1. The molecular formula is C21H29N3O3. The normalized spacial score (nSPS) is 23.3. The Hall–Kier alpha value is -2.24. The zero-order valence-electron chi connectivity index (χ0n) is 15.8. The molecule has 2 heterocycles. The third-order valence-electron chi connectivity index (χ3n) is 5.87. The predicted octanol–water partition coefficient (Wildman–Crippen LogP) is 2.50. The molecule has 6 heteroatoms. The molecule has 0 aromatic heterocycles. The van der Waals surface area contributed by atoms with E-state index in [0.29, 0.717) is 30.8 Å². The van der Waals surface area contributed by atoms with Crippen molar-refractivity contribution in [3.63, 3.8) is 0 Å². The lowest BCUT2D eigenvalue weighted by Crippen LogP contribution is -2.45. The molecule has 1 N–H and O–H groups in total. The molecule has 146 valence electrons. The summed E-state index contributed by atoms with van der Waals surface area (Å²) in [6.07, 6.45) is 5.04. The molecule has 2 saturated heterocycles. The van der Waals surface area contributed by atoms with Gasteiger partial charge < -0.3 is 19.9 Å². The van der Waals surface area contributed by atoms with E-state index in [9.17, 15) is 9.59 Å². The molecule has 1 atom stereocenters. The average Bonchev–Trinajstić information content (AvgIpc) is 3.46. The summed E-state index contributed by atoms with van der Waals surface area (Å²) in [5.74, 6) is 1.98. The Morgan fingerprint density at radius 3 is 2.37 bits per heavy atom. The van der Waals surface area contributed by atoms with Gasteiger partial charge in [0.15, 0.2) is 0 Å². The first kappa shape index (κ1) is 18.1. The van der Waals surface area contributed by atoms with Gasteiger partial charge in [-0.15, -0.1) is 0 Å². The second kappa shape index (κ2) is 8.19. The van der Waals surface area contributed by atoms with Crippen LogP contribution in [0.25, 0.3) is 0 Å². The Labute approximate surface area is 160 Å². The minimum Gasteiger partial charge on any atom is -0.489 e. The molecule has 2 aliphatic heterocycles. The number of likely N-dealkylation sites (tertiary alicyclic amines) is 2. The zero-order valence-corrected chi connectivity index (χ0v) is 15.8. The number of piperidine rings is 1. The fourth-order valence-electron chi connectivity index (χ4n) is 3.99. The van der Waals surface area contributed by atoms with Crippen molar-refractivity contribution in [3.05, 3.63) is 30.3 Å². The molecule has 27 heavy (non-hydrogen) atoms. The van der Waals surface area contributed by atoms with E-state index >= 15 is 0 Å². The highest BCUT2D eigenvalue weighted by atomic mass is 16.5. The predicted molar refractivity (Wildman–Crippen MR) is 102 cm³/mol. The lowest BCUT2D eigenvalue weighted by molar-refractivity contribution is -0.133. The van der Waals surface area contributed by atoms with Crippen LogP contribution in [0.2, 0.25) is 0 Å². The first-order valence-corrected chi connectivity index (χ1v) is 10.2. The van der Waals surface area contributed by atoms with E-state index in [1.54, 1.807) is 0 Å². The summed E-state index contributed by atoms with van der Waals surface area (Å²) < 4.78 is 5.95. The molecule has 3 aliphatic rings. The van der Waals surface area contributed by atoms with Crippen molar-refractivity contribution in [2.45, 2.75) is 38.2 Å². The molecule has 1 aromatic carbocycles. The fraction of sp³-hybridized carbons (Fsp3) is 0.619. The zero-order chi connectivity index (χ0) is 18.6. The van der Waals surface area contributed by atoms with Crippen molar-refractivity contribution >= 4 is 11.9 Å². The second-order valence-corrected chi connectivity index (χ2v) is 8.02. The monoisotopic (exact) mass is 371 g/mol. The fourth-order valence-corrected chi connectivity index (χ4v) is 3.99. The summed E-state index contributed by atoms with van der Waals surface area (Å²) in [6.45, 7) is 3.75. The smallest absolute Gasteiger partial charge is 0.317 e. The highest BCUT2D eigenvalue weighted by molar-refractivity contribution is 5.81. The first-order chi connectivity index (χ1) is 13.2. The van der Waals surface area contributed by atoms with Crippen LogP contribution in [0.5, 0.6) is 5.75 Å². The molecule has 6 nitrogen and oxygen atoms in total. The lowest BCUT2D eigenvalue weighted by atomic mass is 9.96. The van der Waals surface area contributed by atoms with E-state index < -0.39 is 0 Å². The van der Waals surface area contributed by atoms with Gasteiger partial charge >= 0.3 is 6.03 Å². The van der Waals surface area contributed by atoms with Crippen molar-refractivity contribution < 1.29 is 14.3 Å². The number of nitrogens with zero attached hydrogens (tertiary/aromatic N) is 2. The molecule has 0 radical (unpaired) electrons. The summed E-state index contributed by atoms with van der Waals surface area (Å²) in [6, 6.07) is 9.78. The van der Waals surface area contributed by atoms with Gasteiger partial charge in [0.1, 0.15) is 11.9 Å². The maximum atomic E-state index is 12.5. The molecule has 3 amide bonds. The number of carbonyl (C=O) groups is 2. The number of hydrogen-bond donors (Lipinski definition) is 1. The van der Waals surface area contributed by atoms with E-state index in [4.69, 9.17) is 4.74 Å². The van der Waals surface area contributed by atoms with Crippen molar-refractivity contribution in [1.29, 1.82) is 0 Å². The summed E-state index contributed by atoms with van der Waals surface area (Å²) in [7, 11) is 0.